The highest BCUT2D eigenvalue weighted by Gasteiger charge is 2.17. The Kier molecular flexibility index (Phi) is 1.42. The number of carbonyl (C=O) groups excluding carboxylic acids is 1. The largest absolute Gasteiger partial charge is 0.459 e. The van der Waals surface area contributed by atoms with Crippen LogP contribution >= 0.6 is 0 Å². The van der Waals surface area contributed by atoms with Crippen LogP contribution in [0.4, 0.5) is 0 Å². The molecule has 50 valence electrons. The maximum Gasteiger partial charge on any atom is 0.354 e. The van der Waals surface area contributed by atoms with E-state index in [0.717, 1.165) is 6.54 Å². The first-order valence-corrected chi connectivity index (χ1v) is 2.79. The molecule has 1 aliphatic heterocycles. The van der Waals surface area contributed by atoms with Gasteiger partial charge in [-0.3, -0.25) is 0 Å². The van der Waals surface area contributed by atoms with Crippen LogP contribution < -0.4 is 0 Å². The highest BCUT2D eigenvalue weighted by atomic mass is 16.5. The van der Waals surface area contributed by atoms with Gasteiger partial charge in [-0.05, 0) is 0 Å². The van der Waals surface area contributed by atoms with Gasteiger partial charge in [0, 0.05) is 7.05 Å². The Labute approximate surface area is 53.9 Å². The molecule has 0 aromatic carbocycles. The van der Waals surface area contributed by atoms with E-state index < -0.39 is 0 Å². The van der Waals surface area contributed by atoms with E-state index in [1.807, 2.05) is 7.05 Å². The first kappa shape index (κ1) is 6.13. The van der Waals surface area contributed by atoms with Crippen LogP contribution in [0.2, 0.25) is 0 Å². The van der Waals surface area contributed by atoms with E-state index in [0.29, 0.717) is 12.3 Å². The lowest BCUT2D eigenvalue weighted by molar-refractivity contribution is -0.144. The molecule has 3 nitrogen and oxygen atoms in total. The number of rotatable bonds is 0. The Hall–Kier alpha value is -0.990. The van der Waals surface area contributed by atoms with Crippen LogP contribution in [0.1, 0.15) is 0 Å². The molecule has 9 heavy (non-hydrogen) atoms. The Morgan fingerprint density at radius 2 is 2.44 bits per heavy atom. The first-order valence-electron chi connectivity index (χ1n) is 2.79. The van der Waals surface area contributed by atoms with Crippen molar-refractivity contribution in [2.24, 2.45) is 0 Å². The fourth-order valence-corrected chi connectivity index (χ4v) is 0.649. The summed E-state index contributed by atoms with van der Waals surface area (Å²) < 4.78 is 4.68. The molecule has 1 fully saturated rings. The minimum absolute atomic E-state index is 0.302. The zero-order valence-electron chi connectivity index (χ0n) is 5.39. The molecule has 1 rings (SSSR count). The second-order valence-electron chi connectivity index (χ2n) is 2.00. The van der Waals surface area contributed by atoms with Gasteiger partial charge in [0.1, 0.15) is 12.3 Å². The van der Waals surface area contributed by atoms with E-state index >= 15 is 0 Å². The van der Waals surface area contributed by atoms with E-state index in [-0.39, 0.29) is 5.97 Å². The number of ether oxygens (including phenoxy) is 1. The molecule has 0 N–H and O–H groups in total. The summed E-state index contributed by atoms with van der Waals surface area (Å²) in [7, 11) is 1.82. The molecule has 0 radical (unpaired) electrons. The van der Waals surface area contributed by atoms with Crippen molar-refractivity contribution >= 4 is 5.97 Å². The monoisotopic (exact) mass is 127 g/mol. The lowest BCUT2D eigenvalue weighted by atomic mass is 10.4. The van der Waals surface area contributed by atoms with Gasteiger partial charge in [-0.15, -0.1) is 0 Å². The highest BCUT2D eigenvalue weighted by molar-refractivity contribution is 5.87. The number of hydrogen-bond donors (Lipinski definition) is 0. The Morgan fingerprint density at radius 1 is 1.78 bits per heavy atom. The molecule has 1 heterocycles. The second-order valence-corrected chi connectivity index (χ2v) is 2.00. The van der Waals surface area contributed by atoms with Crippen molar-refractivity contribution in [1.82, 2.24) is 4.90 Å². The minimum atomic E-state index is -0.302. The Bertz CT molecular complexity index is 153. The Balaban J connectivity index is 2.62. The van der Waals surface area contributed by atoms with E-state index in [2.05, 4.69) is 11.3 Å². The maximum atomic E-state index is 10.6. The van der Waals surface area contributed by atoms with Crippen LogP contribution in [0.5, 0.6) is 0 Å². The zero-order valence-corrected chi connectivity index (χ0v) is 5.39. The van der Waals surface area contributed by atoms with Gasteiger partial charge >= 0.3 is 5.97 Å². The van der Waals surface area contributed by atoms with Crippen LogP contribution in [-0.4, -0.2) is 31.1 Å². The normalized spacial score (nSPS) is 19.9. The molecule has 3 heteroatoms. The van der Waals surface area contributed by atoms with Gasteiger partial charge in [0.2, 0.25) is 0 Å². The zero-order chi connectivity index (χ0) is 6.85. The van der Waals surface area contributed by atoms with E-state index in [1.54, 1.807) is 4.90 Å². The molecule has 0 aromatic rings. The minimum Gasteiger partial charge on any atom is -0.459 e. The molecular weight excluding hydrogens is 118 g/mol. The lowest BCUT2D eigenvalue weighted by Gasteiger charge is -2.24. The Morgan fingerprint density at radius 3 is 2.89 bits per heavy atom. The number of esters is 1. The summed E-state index contributed by atoms with van der Waals surface area (Å²) in [6, 6.07) is 0. The quantitative estimate of drug-likeness (QED) is 0.338. The number of carbonyl (C=O) groups is 1. The van der Waals surface area contributed by atoms with Crippen LogP contribution in [0.3, 0.4) is 0 Å². The van der Waals surface area contributed by atoms with Crippen LogP contribution in [0.15, 0.2) is 12.3 Å². The highest BCUT2D eigenvalue weighted by Crippen LogP contribution is 2.05. The molecule has 0 aliphatic carbocycles. The summed E-state index contributed by atoms with van der Waals surface area (Å²) in [4.78, 5) is 12.4. The summed E-state index contributed by atoms with van der Waals surface area (Å²) in [5.74, 6) is -0.302. The smallest absolute Gasteiger partial charge is 0.354 e. The molecule has 1 saturated heterocycles. The molecule has 0 aromatic heterocycles. The number of hydrogen-bond acceptors (Lipinski definition) is 3. The SMILES string of the molecule is C=C1C(=O)OCCN1C. The van der Waals surface area contributed by atoms with Gasteiger partial charge in [-0.1, -0.05) is 6.58 Å². The average Bonchev–Trinajstić information content (AvgIpc) is 1.83. The molecule has 0 unspecified atom stereocenters. The van der Waals surface area contributed by atoms with Gasteiger partial charge in [0.15, 0.2) is 0 Å². The molecule has 1 aliphatic rings. The van der Waals surface area contributed by atoms with Gasteiger partial charge in [0.25, 0.3) is 0 Å². The third kappa shape index (κ3) is 1.04. The van der Waals surface area contributed by atoms with Crippen molar-refractivity contribution < 1.29 is 9.53 Å². The van der Waals surface area contributed by atoms with Crippen molar-refractivity contribution in [3.8, 4) is 0 Å². The third-order valence-electron chi connectivity index (χ3n) is 1.36. The van der Waals surface area contributed by atoms with Crippen molar-refractivity contribution in [3.05, 3.63) is 12.3 Å². The molecule has 0 spiro atoms. The number of nitrogens with zero attached hydrogens (tertiary/aromatic N) is 1. The van der Waals surface area contributed by atoms with Crippen molar-refractivity contribution in [2.45, 2.75) is 0 Å². The molecule has 0 bridgehead atoms. The van der Waals surface area contributed by atoms with Crippen molar-refractivity contribution in [3.63, 3.8) is 0 Å². The third-order valence-corrected chi connectivity index (χ3v) is 1.36. The van der Waals surface area contributed by atoms with Gasteiger partial charge < -0.3 is 9.64 Å². The first-order chi connectivity index (χ1) is 4.22. The summed E-state index contributed by atoms with van der Waals surface area (Å²) in [6.07, 6.45) is 0. The molecule has 0 saturated carbocycles. The summed E-state index contributed by atoms with van der Waals surface area (Å²) in [6.45, 7) is 4.76. The molecule has 0 amide bonds. The lowest BCUT2D eigenvalue weighted by Crippen LogP contribution is -2.33. The predicted octanol–water partition coefficient (Wildman–Crippen LogP) is -0.0113. The molecule has 0 atom stereocenters. The van der Waals surface area contributed by atoms with E-state index in [9.17, 15) is 4.79 Å². The summed E-state index contributed by atoms with van der Waals surface area (Å²) >= 11 is 0. The van der Waals surface area contributed by atoms with Gasteiger partial charge in [-0.2, -0.15) is 0 Å². The number of morpholine rings is 1. The fraction of sp³-hybridized carbons (Fsp3) is 0.500. The fourth-order valence-electron chi connectivity index (χ4n) is 0.649. The van der Waals surface area contributed by atoms with Crippen LogP contribution in [-0.2, 0) is 9.53 Å². The summed E-state index contributed by atoms with van der Waals surface area (Å²) in [5.41, 5.74) is 0.446. The van der Waals surface area contributed by atoms with Gasteiger partial charge in [0.05, 0.1) is 6.54 Å². The van der Waals surface area contributed by atoms with Crippen molar-refractivity contribution in [1.29, 1.82) is 0 Å². The number of cyclic esters (lactones) is 1. The summed E-state index contributed by atoms with van der Waals surface area (Å²) in [5, 5.41) is 0. The number of likely N-dealkylation sites (N-methyl/N-ethyl adjacent to an activating group) is 1. The second kappa shape index (κ2) is 2.09. The predicted molar refractivity (Wildman–Crippen MR) is 32.7 cm³/mol. The topological polar surface area (TPSA) is 29.5 Å². The van der Waals surface area contributed by atoms with E-state index in [4.69, 9.17) is 0 Å². The standard InChI is InChI=1S/C6H9NO2/c1-5-6(8)9-4-3-7(5)2/h1,3-4H2,2H3. The van der Waals surface area contributed by atoms with E-state index in [1.165, 1.54) is 0 Å². The average molecular weight is 127 g/mol. The van der Waals surface area contributed by atoms with Gasteiger partial charge in [-0.25, -0.2) is 4.79 Å². The van der Waals surface area contributed by atoms with Crippen LogP contribution in [0, 0.1) is 0 Å². The molecular formula is C6H9NO2. The maximum absolute atomic E-state index is 10.6. The van der Waals surface area contributed by atoms with Crippen LogP contribution in [0.25, 0.3) is 0 Å². The van der Waals surface area contributed by atoms with Crippen molar-refractivity contribution in [2.75, 3.05) is 20.2 Å².